The van der Waals surface area contributed by atoms with Crippen LogP contribution in [0.1, 0.15) is 24.0 Å². The maximum atomic E-state index is 12.2. The summed E-state index contributed by atoms with van der Waals surface area (Å²) in [5.74, 6) is 0.849. The molecule has 1 aromatic heterocycles. The van der Waals surface area contributed by atoms with Crippen molar-refractivity contribution in [2.75, 3.05) is 19.7 Å². The number of rotatable bonds is 6. The van der Waals surface area contributed by atoms with Crippen molar-refractivity contribution >= 4 is 33.6 Å². The zero-order valence-corrected chi connectivity index (χ0v) is 22.0. The predicted molar refractivity (Wildman–Crippen MR) is 140 cm³/mol. The number of carbonyl (C=O) groups is 1. The number of carbonyl (C=O) groups excluding carboxylic acids is 1. The van der Waals surface area contributed by atoms with E-state index in [1.54, 1.807) is 4.68 Å². The topological polar surface area (TPSA) is 67.6 Å². The number of hydrogen-bond donors (Lipinski definition) is 1. The Morgan fingerprint density at radius 3 is 2.64 bits per heavy atom. The van der Waals surface area contributed by atoms with E-state index in [1.807, 2.05) is 54.7 Å². The van der Waals surface area contributed by atoms with E-state index in [2.05, 4.69) is 38.9 Å². The molecule has 33 heavy (non-hydrogen) atoms. The smallest absolute Gasteiger partial charge is 0.222 e. The van der Waals surface area contributed by atoms with Crippen LogP contribution in [0.4, 0.5) is 0 Å². The highest BCUT2D eigenvalue weighted by atomic mass is 31.1. The van der Waals surface area contributed by atoms with E-state index in [-0.39, 0.29) is 5.91 Å². The molecule has 1 saturated heterocycles. The van der Waals surface area contributed by atoms with Gasteiger partial charge in [-0.25, -0.2) is 0 Å². The van der Waals surface area contributed by atoms with Gasteiger partial charge in [-0.15, -0.1) is 27.7 Å². The van der Waals surface area contributed by atoms with Gasteiger partial charge in [0, 0.05) is 42.0 Å². The molecule has 4 unspecified atom stereocenters. The molecular weight excluding hydrogens is 471 g/mol. The summed E-state index contributed by atoms with van der Waals surface area (Å²) in [6.07, 6.45) is 5.33. The molecule has 2 aromatic carbocycles. The highest BCUT2D eigenvalue weighted by Crippen LogP contribution is 2.62. The number of hydrogen-bond acceptors (Lipinski definition) is 4. The van der Waals surface area contributed by atoms with E-state index in [0.717, 1.165) is 46.3 Å². The van der Waals surface area contributed by atoms with Crippen LogP contribution in [0.3, 0.4) is 0 Å². The van der Waals surface area contributed by atoms with Gasteiger partial charge in [-0.1, -0.05) is 24.3 Å². The second-order valence-electron chi connectivity index (χ2n) is 8.82. The molecule has 0 bridgehead atoms. The van der Waals surface area contributed by atoms with Crippen molar-refractivity contribution in [1.29, 1.82) is 0 Å². The summed E-state index contributed by atoms with van der Waals surface area (Å²) < 4.78 is 7.24. The lowest BCUT2D eigenvalue weighted by Gasteiger charge is -2.38. The first-order chi connectivity index (χ1) is 15.7. The molecule has 6 nitrogen and oxygen atoms in total. The molecule has 1 fully saturated rings. The van der Waals surface area contributed by atoms with Gasteiger partial charge in [0.2, 0.25) is 5.91 Å². The Hall–Kier alpha value is -1.83. The maximum Gasteiger partial charge on any atom is 0.222 e. The first kappa shape index (κ1) is 22.9. The molecule has 2 heterocycles. The molecular formula is C24H28N3O3P3. The molecule has 9 heteroatoms. The highest BCUT2D eigenvalue weighted by Gasteiger charge is 2.51. The minimum atomic E-state index is -1.28. The van der Waals surface area contributed by atoms with Gasteiger partial charge in [-0.05, 0) is 40.8 Å². The minimum absolute atomic E-state index is 0.187. The van der Waals surface area contributed by atoms with Gasteiger partial charge in [-0.2, -0.15) is 5.10 Å². The van der Waals surface area contributed by atoms with E-state index in [0.29, 0.717) is 25.3 Å². The number of fused-ring (bicyclic) bond motifs is 3. The number of nitrogens with zero attached hydrogens (tertiary/aromatic N) is 3. The quantitative estimate of drug-likeness (QED) is 0.527. The third-order valence-corrected chi connectivity index (χ3v) is 7.79. The number of aliphatic hydroxyl groups is 1. The summed E-state index contributed by atoms with van der Waals surface area (Å²) >= 11 is 0. The van der Waals surface area contributed by atoms with Crippen molar-refractivity contribution in [2.24, 2.45) is 7.05 Å². The van der Waals surface area contributed by atoms with Gasteiger partial charge in [0.1, 0.15) is 18.0 Å². The van der Waals surface area contributed by atoms with Crippen molar-refractivity contribution in [3.63, 3.8) is 0 Å². The van der Waals surface area contributed by atoms with E-state index in [1.165, 1.54) is 0 Å². The molecule has 1 aliphatic heterocycles. The normalized spacial score (nSPS) is 19.7. The van der Waals surface area contributed by atoms with E-state index < -0.39 is 10.2 Å². The molecule has 5 rings (SSSR count). The van der Waals surface area contributed by atoms with E-state index in [9.17, 15) is 9.90 Å². The minimum Gasteiger partial charge on any atom is -0.492 e. The van der Waals surface area contributed by atoms with Crippen molar-refractivity contribution in [2.45, 2.75) is 23.1 Å². The van der Waals surface area contributed by atoms with Crippen LogP contribution >= 0.6 is 27.7 Å². The van der Waals surface area contributed by atoms with E-state index >= 15 is 0 Å². The lowest BCUT2D eigenvalue weighted by Crippen LogP contribution is -2.38. The number of ether oxygens (including phenoxy) is 1. The van der Waals surface area contributed by atoms with Crippen LogP contribution in [0, 0.1) is 0 Å². The number of aryl methyl sites for hydroxylation is 1. The van der Waals surface area contributed by atoms with Crippen molar-refractivity contribution < 1.29 is 14.6 Å². The van der Waals surface area contributed by atoms with E-state index in [4.69, 9.17) is 4.74 Å². The molecule has 1 N–H and O–H groups in total. The number of amides is 1. The van der Waals surface area contributed by atoms with Crippen molar-refractivity contribution in [3.8, 4) is 28.0 Å². The zero-order chi connectivity index (χ0) is 23.4. The molecule has 3 aromatic rings. The summed E-state index contributed by atoms with van der Waals surface area (Å²) in [4.78, 5) is 13.8. The average molecular weight is 499 g/mol. The van der Waals surface area contributed by atoms with Crippen LogP contribution in [0.5, 0.6) is 5.75 Å². The third kappa shape index (κ3) is 3.82. The Bertz CT molecular complexity index is 1240. The van der Waals surface area contributed by atoms with Crippen LogP contribution in [0.15, 0.2) is 48.8 Å². The fourth-order valence-electron chi connectivity index (χ4n) is 4.90. The summed E-state index contributed by atoms with van der Waals surface area (Å²) in [7, 11) is 10.1. The Balaban J connectivity index is 1.62. The highest BCUT2D eigenvalue weighted by molar-refractivity contribution is 7.57. The first-order valence-corrected chi connectivity index (χ1v) is 12.7. The van der Waals surface area contributed by atoms with Gasteiger partial charge >= 0.3 is 0 Å². The maximum absolute atomic E-state index is 12.2. The molecule has 0 spiro atoms. The summed E-state index contributed by atoms with van der Waals surface area (Å²) in [6, 6.07) is 11.9. The molecule has 172 valence electrons. The third-order valence-electron chi connectivity index (χ3n) is 6.53. The first-order valence-electron chi connectivity index (χ1n) is 11.0. The molecule has 4 atom stereocenters. The summed E-state index contributed by atoms with van der Waals surface area (Å²) in [6.45, 7) is 1.75. The van der Waals surface area contributed by atoms with Crippen LogP contribution in [-0.2, 0) is 17.4 Å². The fourth-order valence-corrected chi connectivity index (χ4v) is 5.84. The molecule has 2 aliphatic rings. The standard InChI is InChI=1S/C24H28N3O3P3/c1-26-14-15(13-25-26)18-11-16(30-10-9-27-8-4-7-21(27)28)12-20-22(18)17-5-2-3-6-19(17)23(20,29)24(31,32)33/h2-3,5-6,11-14,29H,4,7-10,31-33H2,1H3. The van der Waals surface area contributed by atoms with Crippen LogP contribution in [-0.4, -0.2) is 50.0 Å². The summed E-state index contributed by atoms with van der Waals surface area (Å²) in [5.41, 5.74) is 4.26. The molecule has 0 saturated carbocycles. The lowest BCUT2D eigenvalue weighted by atomic mass is 9.91. The Labute approximate surface area is 200 Å². The average Bonchev–Trinajstić information content (AvgIpc) is 3.46. The van der Waals surface area contributed by atoms with Gasteiger partial charge in [0.15, 0.2) is 0 Å². The Morgan fingerprint density at radius 2 is 1.97 bits per heavy atom. The van der Waals surface area contributed by atoms with Crippen LogP contribution in [0.25, 0.3) is 22.3 Å². The molecule has 1 aliphatic carbocycles. The second-order valence-corrected chi connectivity index (χ2v) is 13.7. The summed E-state index contributed by atoms with van der Waals surface area (Å²) in [5, 5.41) is 16.5. The van der Waals surface area contributed by atoms with Crippen molar-refractivity contribution in [3.05, 3.63) is 59.9 Å². The fraction of sp³-hybridized carbons (Fsp3) is 0.333. The molecule has 0 radical (unpaired) electrons. The Kier molecular flexibility index (Phi) is 5.86. The number of likely N-dealkylation sites (tertiary alicyclic amines) is 1. The number of benzene rings is 2. The second kappa shape index (κ2) is 8.43. The molecule has 1 amide bonds. The SMILES string of the molecule is Cn1cc(-c2cc(OCCN3CCCC3=O)cc3c2-c2ccccc2C3(O)C(P)(P)P)cn1. The predicted octanol–water partition coefficient (Wildman–Crippen LogP) is 3.58. The van der Waals surface area contributed by atoms with Gasteiger partial charge < -0.3 is 14.7 Å². The van der Waals surface area contributed by atoms with Gasteiger partial charge in [0.25, 0.3) is 0 Å². The Morgan fingerprint density at radius 1 is 1.18 bits per heavy atom. The van der Waals surface area contributed by atoms with Crippen LogP contribution in [0.2, 0.25) is 0 Å². The monoisotopic (exact) mass is 499 g/mol. The van der Waals surface area contributed by atoms with Crippen LogP contribution < -0.4 is 4.74 Å². The largest absolute Gasteiger partial charge is 0.492 e. The van der Waals surface area contributed by atoms with Gasteiger partial charge in [-0.3, -0.25) is 9.48 Å². The lowest BCUT2D eigenvalue weighted by molar-refractivity contribution is -0.128. The number of aromatic nitrogens is 2. The zero-order valence-electron chi connectivity index (χ0n) is 18.5. The van der Waals surface area contributed by atoms with Gasteiger partial charge in [0.05, 0.1) is 12.7 Å². The van der Waals surface area contributed by atoms with Crippen molar-refractivity contribution in [1.82, 2.24) is 14.7 Å².